The van der Waals surface area contributed by atoms with E-state index in [1.165, 1.54) is 12.1 Å². The standard InChI is InChI=1S/C14H11FN2O3S/c15-9-1-4-11(5-2-9)21(18,19)8-14-17-12-7-10(16)3-6-13(12)20-14/h1-7H,8,16H2. The first kappa shape index (κ1) is 13.6. The Morgan fingerprint density at radius 3 is 2.57 bits per heavy atom. The van der Waals surface area contributed by atoms with Gasteiger partial charge in [0, 0.05) is 5.69 Å². The van der Waals surface area contributed by atoms with Crippen molar-refractivity contribution in [3.05, 3.63) is 54.2 Å². The summed E-state index contributed by atoms with van der Waals surface area (Å²) in [6.45, 7) is 0. The topological polar surface area (TPSA) is 86.2 Å². The van der Waals surface area contributed by atoms with Gasteiger partial charge in [-0.3, -0.25) is 0 Å². The van der Waals surface area contributed by atoms with E-state index < -0.39 is 21.4 Å². The average molecular weight is 306 g/mol. The van der Waals surface area contributed by atoms with Gasteiger partial charge in [0.2, 0.25) is 5.89 Å². The van der Waals surface area contributed by atoms with Crippen molar-refractivity contribution >= 4 is 26.6 Å². The van der Waals surface area contributed by atoms with Crippen molar-refractivity contribution in [1.29, 1.82) is 0 Å². The van der Waals surface area contributed by atoms with E-state index in [9.17, 15) is 12.8 Å². The fourth-order valence-corrected chi connectivity index (χ4v) is 3.11. The van der Waals surface area contributed by atoms with Gasteiger partial charge in [0.25, 0.3) is 0 Å². The first-order valence-corrected chi connectivity index (χ1v) is 7.72. The second-order valence-electron chi connectivity index (χ2n) is 4.55. The monoisotopic (exact) mass is 306 g/mol. The van der Waals surface area contributed by atoms with Gasteiger partial charge in [0.05, 0.1) is 4.90 Å². The van der Waals surface area contributed by atoms with Gasteiger partial charge >= 0.3 is 0 Å². The summed E-state index contributed by atoms with van der Waals surface area (Å²) >= 11 is 0. The van der Waals surface area contributed by atoms with Crippen LogP contribution in [-0.4, -0.2) is 13.4 Å². The van der Waals surface area contributed by atoms with Crippen LogP contribution in [0.25, 0.3) is 11.1 Å². The van der Waals surface area contributed by atoms with Crippen LogP contribution in [0.15, 0.2) is 51.8 Å². The molecule has 3 aromatic rings. The van der Waals surface area contributed by atoms with E-state index in [0.29, 0.717) is 16.8 Å². The number of aromatic nitrogens is 1. The highest BCUT2D eigenvalue weighted by Crippen LogP contribution is 2.22. The largest absolute Gasteiger partial charge is 0.440 e. The van der Waals surface area contributed by atoms with Crippen molar-refractivity contribution in [3.8, 4) is 0 Å². The third kappa shape index (κ3) is 2.73. The third-order valence-corrected chi connectivity index (χ3v) is 4.56. The molecule has 0 fully saturated rings. The molecule has 1 heterocycles. The molecule has 0 spiro atoms. The Kier molecular flexibility index (Phi) is 3.13. The van der Waals surface area contributed by atoms with E-state index in [0.717, 1.165) is 12.1 Å². The van der Waals surface area contributed by atoms with Gasteiger partial charge in [-0.05, 0) is 42.5 Å². The maximum atomic E-state index is 12.8. The molecule has 0 aliphatic carbocycles. The van der Waals surface area contributed by atoms with E-state index in [4.69, 9.17) is 10.2 Å². The molecule has 5 nitrogen and oxygen atoms in total. The predicted molar refractivity (Wildman–Crippen MR) is 75.7 cm³/mol. The van der Waals surface area contributed by atoms with Gasteiger partial charge in [-0.1, -0.05) is 0 Å². The normalized spacial score (nSPS) is 11.9. The van der Waals surface area contributed by atoms with Gasteiger partial charge in [-0.2, -0.15) is 0 Å². The SMILES string of the molecule is Nc1ccc2oc(CS(=O)(=O)c3ccc(F)cc3)nc2c1. The number of hydrogen-bond donors (Lipinski definition) is 1. The molecule has 2 N–H and O–H groups in total. The number of halogens is 1. The molecular formula is C14H11FN2O3S. The van der Waals surface area contributed by atoms with E-state index >= 15 is 0 Å². The molecule has 0 amide bonds. The van der Waals surface area contributed by atoms with Gasteiger partial charge in [-0.15, -0.1) is 0 Å². The third-order valence-electron chi connectivity index (χ3n) is 2.94. The van der Waals surface area contributed by atoms with E-state index in [1.54, 1.807) is 18.2 Å². The maximum absolute atomic E-state index is 12.8. The van der Waals surface area contributed by atoms with Crippen molar-refractivity contribution < 1.29 is 17.2 Å². The quantitative estimate of drug-likeness (QED) is 0.593. The van der Waals surface area contributed by atoms with Crippen LogP contribution in [-0.2, 0) is 15.6 Å². The Hall–Kier alpha value is -2.41. The van der Waals surface area contributed by atoms with Crippen molar-refractivity contribution in [2.45, 2.75) is 10.6 Å². The summed E-state index contributed by atoms with van der Waals surface area (Å²) in [4.78, 5) is 4.12. The summed E-state index contributed by atoms with van der Waals surface area (Å²) in [6.07, 6.45) is 0. The zero-order valence-corrected chi connectivity index (χ0v) is 11.6. The van der Waals surface area contributed by atoms with Crippen LogP contribution >= 0.6 is 0 Å². The maximum Gasteiger partial charge on any atom is 0.211 e. The van der Waals surface area contributed by atoms with Crippen molar-refractivity contribution in [3.63, 3.8) is 0 Å². The number of rotatable bonds is 3. The lowest BCUT2D eigenvalue weighted by Gasteiger charge is -2.01. The van der Waals surface area contributed by atoms with Crippen molar-refractivity contribution in [1.82, 2.24) is 4.98 Å². The highest BCUT2D eigenvalue weighted by Gasteiger charge is 2.19. The minimum absolute atomic E-state index is 0.0191. The molecule has 0 saturated heterocycles. The number of oxazole rings is 1. The zero-order valence-electron chi connectivity index (χ0n) is 10.8. The molecule has 0 aliphatic rings. The van der Waals surface area contributed by atoms with Gasteiger partial charge < -0.3 is 10.2 Å². The highest BCUT2D eigenvalue weighted by atomic mass is 32.2. The second-order valence-corrected chi connectivity index (χ2v) is 6.54. The number of fused-ring (bicyclic) bond motifs is 1. The first-order valence-electron chi connectivity index (χ1n) is 6.07. The number of hydrogen-bond acceptors (Lipinski definition) is 5. The molecule has 108 valence electrons. The Balaban J connectivity index is 1.95. The summed E-state index contributed by atoms with van der Waals surface area (Å²) in [5.41, 5.74) is 7.11. The van der Waals surface area contributed by atoms with Crippen LogP contribution < -0.4 is 5.73 Å². The number of nitrogens with two attached hydrogens (primary N) is 1. The minimum Gasteiger partial charge on any atom is -0.440 e. The molecule has 0 aliphatic heterocycles. The van der Waals surface area contributed by atoms with Crippen LogP contribution in [0.2, 0.25) is 0 Å². The van der Waals surface area contributed by atoms with E-state index in [-0.39, 0.29) is 10.8 Å². The van der Waals surface area contributed by atoms with Crippen LogP contribution in [0, 0.1) is 5.82 Å². The first-order chi connectivity index (χ1) is 9.94. The molecular weight excluding hydrogens is 295 g/mol. The molecule has 7 heteroatoms. The summed E-state index contributed by atoms with van der Waals surface area (Å²) in [5, 5.41) is 0. The molecule has 1 aromatic heterocycles. The fourth-order valence-electron chi connectivity index (χ4n) is 1.94. The summed E-state index contributed by atoms with van der Waals surface area (Å²) in [6, 6.07) is 9.50. The molecule has 3 rings (SSSR count). The molecule has 0 radical (unpaired) electrons. The van der Waals surface area contributed by atoms with E-state index in [1.807, 2.05) is 0 Å². The minimum atomic E-state index is -3.64. The van der Waals surface area contributed by atoms with Crippen LogP contribution in [0.4, 0.5) is 10.1 Å². The van der Waals surface area contributed by atoms with Crippen LogP contribution in [0.5, 0.6) is 0 Å². The molecule has 0 saturated carbocycles. The van der Waals surface area contributed by atoms with Gasteiger partial charge in [0.15, 0.2) is 15.4 Å². The molecule has 2 aromatic carbocycles. The molecule has 21 heavy (non-hydrogen) atoms. The van der Waals surface area contributed by atoms with Gasteiger partial charge in [0.1, 0.15) is 17.1 Å². The number of nitrogen functional groups attached to an aromatic ring is 1. The van der Waals surface area contributed by atoms with Crippen molar-refractivity contribution in [2.24, 2.45) is 0 Å². The van der Waals surface area contributed by atoms with E-state index in [2.05, 4.69) is 4.98 Å². The number of anilines is 1. The highest BCUT2D eigenvalue weighted by molar-refractivity contribution is 7.90. The molecule has 0 unspecified atom stereocenters. The smallest absolute Gasteiger partial charge is 0.211 e. The Bertz CT molecular complexity index is 902. The predicted octanol–water partition coefficient (Wildman–Crippen LogP) is 2.52. The Labute approximate surface area is 120 Å². The van der Waals surface area contributed by atoms with Crippen LogP contribution in [0.1, 0.15) is 5.89 Å². The summed E-state index contributed by atoms with van der Waals surface area (Å²) in [5.74, 6) is -0.820. The lowest BCUT2D eigenvalue weighted by molar-refractivity contribution is 0.540. The Morgan fingerprint density at radius 2 is 1.86 bits per heavy atom. The lowest BCUT2D eigenvalue weighted by atomic mass is 10.3. The number of nitrogens with zero attached hydrogens (tertiary/aromatic N) is 1. The van der Waals surface area contributed by atoms with Crippen LogP contribution in [0.3, 0.4) is 0 Å². The zero-order chi connectivity index (χ0) is 15.0. The Morgan fingerprint density at radius 1 is 1.14 bits per heavy atom. The number of benzene rings is 2. The van der Waals surface area contributed by atoms with Gasteiger partial charge in [-0.25, -0.2) is 17.8 Å². The second kappa shape index (κ2) is 4.85. The summed E-state index contributed by atoms with van der Waals surface area (Å²) in [7, 11) is -3.64. The average Bonchev–Trinajstić information content (AvgIpc) is 2.79. The van der Waals surface area contributed by atoms with Crippen molar-refractivity contribution in [2.75, 3.05) is 5.73 Å². The lowest BCUT2D eigenvalue weighted by Crippen LogP contribution is -2.05. The summed E-state index contributed by atoms with van der Waals surface area (Å²) < 4.78 is 42.6. The fraction of sp³-hybridized carbons (Fsp3) is 0.0714. The number of sulfone groups is 1. The molecule has 0 atom stereocenters. The molecule has 0 bridgehead atoms.